The largest absolute Gasteiger partial charge is 0.508 e. The molecule has 25 heavy (non-hydrogen) atoms. The lowest BCUT2D eigenvalue weighted by atomic mass is 10.0. The van der Waals surface area contributed by atoms with Crippen LogP contribution in [0.1, 0.15) is 29.2 Å². The van der Waals surface area contributed by atoms with Gasteiger partial charge in [0.25, 0.3) is 0 Å². The second-order valence-corrected chi connectivity index (χ2v) is 6.72. The van der Waals surface area contributed by atoms with E-state index in [1.54, 1.807) is 12.1 Å². The second kappa shape index (κ2) is 7.11. The molecular weight excluding hydrogens is 314 g/mol. The smallest absolute Gasteiger partial charge is 0.336 e. The number of rotatable bonds is 5. The molecule has 1 unspecified atom stereocenters. The fourth-order valence-electron chi connectivity index (χ4n) is 3.18. The van der Waals surface area contributed by atoms with Gasteiger partial charge in [-0.15, -0.1) is 0 Å². The molecule has 2 N–H and O–H groups in total. The normalized spacial score (nSPS) is 12.4. The molecule has 1 heterocycles. The Morgan fingerprint density at radius 1 is 1.04 bits per heavy atom. The Bertz CT molecular complexity index is 942. The van der Waals surface area contributed by atoms with Crippen LogP contribution in [-0.4, -0.2) is 12.2 Å². The summed E-state index contributed by atoms with van der Waals surface area (Å²) in [6.07, 6.45) is 0.729. The van der Waals surface area contributed by atoms with Crippen LogP contribution in [0.2, 0.25) is 0 Å². The lowest BCUT2D eigenvalue weighted by molar-refractivity contribution is -0.907. The molecule has 4 nitrogen and oxygen atoms in total. The summed E-state index contributed by atoms with van der Waals surface area (Å²) < 4.78 is 5.27. The minimum absolute atomic E-state index is 0.177. The number of hydrogen-bond acceptors (Lipinski definition) is 3. The van der Waals surface area contributed by atoms with E-state index in [4.69, 9.17) is 4.42 Å². The number of aromatic hydroxyl groups is 1. The fraction of sp³-hybridized carbons (Fsp3) is 0.286. The summed E-state index contributed by atoms with van der Waals surface area (Å²) in [6.45, 7) is 5.66. The molecule has 0 radical (unpaired) electrons. The molecule has 0 aliphatic heterocycles. The second-order valence-electron chi connectivity index (χ2n) is 6.72. The number of benzene rings is 2. The van der Waals surface area contributed by atoms with E-state index in [1.165, 1.54) is 16.0 Å². The standard InChI is InChI=1S/C21H23NO3/c1-4-16-9-18-17(10-21(24)25-20(18)11-19(16)23)13-22(3)12-15-7-5-14(2)6-8-15/h5-11,23H,4,12-13H2,1-3H3/p+1. The van der Waals surface area contributed by atoms with Crippen LogP contribution in [0.25, 0.3) is 11.0 Å². The van der Waals surface area contributed by atoms with Gasteiger partial charge in [0.1, 0.15) is 24.4 Å². The van der Waals surface area contributed by atoms with Gasteiger partial charge in [0.15, 0.2) is 0 Å². The van der Waals surface area contributed by atoms with Gasteiger partial charge in [-0.2, -0.15) is 0 Å². The maximum Gasteiger partial charge on any atom is 0.336 e. The molecule has 0 fully saturated rings. The number of nitrogens with one attached hydrogen (secondary N) is 1. The Balaban J connectivity index is 1.91. The highest BCUT2D eigenvalue weighted by molar-refractivity contribution is 5.82. The minimum Gasteiger partial charge on any atom is -0.508 e. The van der Waals surface area contributed by atoms with Gasteiger partial charge < -0.3 is 14.4 Å². The third kappa shape index (κ3) is 3.91. The number of phenols is 1. The molecule has 0 saturated heterocycles. The molecule has 0 aliphatic rings. The first kappa shape index (κ1) is 17.2. The van der Waals surface area contributed by atoms with E-state index in [9.17, 15) is 9.90 Å². The fourth-order valence-corrected chi connectivity index (χ4v) is 3.18. The summed E-state index contributed by atoms with van der Waals surface area (Å²) in [6, 6.07) is 13.6. The van der Waals surface area contributed by atoms with Crippen molar-refractivity contribution in [3.8, 4) is 5.75 Å². The van der Waals surface area contributed by atoms with Gasteiger partial charge in [-0.1, -0.05) is 36.8 Å². The van der Waals surface area contributed by atoms with Crippen molar-refractivity contribution in [3.63, 3.8) is 0 Å². The number of aryl methyl sites for hydroxylation is 2. The summed E-state index contributed by atoms with van der Waals surface area (Å²) in [5.74, 6) is 0.177. The molecular formula is C21H24NO3+. The molecule has 2 aromatic carbocycles. The number of hydrogen-bond donors (Lipinski definition) is 2. The zero-order chi connectivity index (χ0) is 18.0. The van der Waals surface area contributed by atoms with Gasteiger partial charge >= 0.3 is 5.63 Å². The Kier molecular flexibility index (Phi) is 4.91. The number of quaternary nitrogens is 1. The van der Waals surface area contributed by atoms with Crippen molar-refractivity contribution in [2.75, 3.05) is 7.05 Å². The molecule has 0 bridgehead atoms. The van der Waals surface area contributed by atoms with E-state index in [2.05, 4.69) is 38.2 Å². The topological polar surface area (TPSA) is 54.9 Å². The first-order chi connectivity index (χ1) is 12.0. The van der Waals surface area contributed by atoms with E-state index in [0.29, 0.717) is 12.1 Å². The molecule has 3 aromatic rings. The van der Waals surface area contributed by atoms with Crippen LogP contribution in [0.5, 0.6) is 5.75 Å². The summed E-state index contributed by atoms with van der Waals surface area (Å²) in [7, 11) is 2.11. The summed E-state index contributed by atoms with van der Waals surface area (Å²) in [5.41, 5.74) is 4.39. The maximum atomic E-state index is 11.9. The molecule has 3 rings (SSSR count). The van der Waals surface area contributed by atoms with Crippen LogP contribution in [0.3, 0.4) is 0 Å². The van der Waals surface area contributed by atoms with Crippen molar-refractivity contribution in [2.45, 2.75) is 33.4 Å². The maximum absolute atomic E-state index is 11.9. The summed E-state index contributed by atoms with van der Waals surface area (Å²) >= 11 is 0. The zero-order valence-corrected chi connectivity index (χ0v) is 14.9. The van der Waals surface area contributed by atoms with Crippen molar-refractivity contribution >= 4 is 11.0 Å². The Morgan fingerprint density at radius 2 is 1.76 bits per heavy atom. The van der Waals surface area contributed by atoms with E-state index in [0.717, 1.165) is 29.5 Å². The van der Waals surface area contributed by atoms with Crippen molar-refractivity contribution < 1.29 is 14.4 Å². The lowest BCUT2D eigenvalue weighted by Gasteiger charge is -2.16. The summed E-state index contributed by atoms with van der Waals surface area (Å²) in [5, 5.41) is 10.9. The highest BCUT2D eigenvalue weighted by Crippen LogP contribution is 2.26. The van der Waals surface area contributed by atoms with Crippen LogP contribution < -0.4 is 10.5 Å². The monoisotopic (exact) mass is 338 g/mol. The average molecular weight is 338 g/mol. The predicted molar refractivity (Wildman–Crippen MR) is 99.0 cm³/mol. The molecule has 130 valence electrons. The Hall–Kier alpha value is -2.59. The number of phenolic OH excluding ortho intramolecular Hbond substituents is 1. The van der Waals surface area contributed by atoms with Gasteiger partial charge in [0.2, 0.25) is 0 Å². The highest BCUT2D eigenvalue weighted by atomic mass is 16.4. The molecule has 0 spiro atoms. The van der Waals surface area contributed by atoms with E-state index < -0.39 is 0 Å². The quantitative estimate of drug-likeness (QED) is 0.703. The SMILES string of the molecule is CCc1cc2c(C[NH+](C)Cc3ccc(C)cc3)cc(=O)oc2cc1O. The van der Waals surface area contributed by atoms with Crippen molar-refractivity contribution in [1.82, 2.24) is 0 Å². The number of fused-ring (bicyclic) bond motifs is 1. The van der Waals surface area contributed by atoms with Gasteiger partial charge in [0.05, 0.1) is 7.05 Å². The van der Waals surface area contributed by atoms with Crippen LogP contribution in [0.4, 0.5) is 0 Å². The van der Waals surface area contributed by atoms with Crippen LogP contribution in [-0.2, 0) is 19.5 Å². The minimum atomic E-state index is -0.380. The first-order valence-electron chi connectivity index (χ1n) is 8.61. The third-order valence-corrected chi connectivity index (χ3v) is 4.53. The first-order valence-corrected chi connectivity index (χ1v) is 8.61. The van der Waals surface area contributed by atoms with Crippen molar-refractivity contribution in [3.05, 3.63) is 75.1 Å². The average Bonchev–Trinajstić information content (AvgIpc) is 2.56. The molecule has 1 aromatic heterocycles. The van der Waals surface area contributed by atoms with Crippen molar-refractivity contribution in [2.24, 2.45) is 0 Å². The van der Waals surface area contributed by atoms with Gasteiger partial charge in [-0.05, 0) is 25.0 Å². The van der Waals surface area contributed by atoms with E-state index in [-0.39, 0.29) is 11.4 Å². The van der Waals surface area contributed by atoms with Crippen LogP contribution in [0, 0.1) is 6.92 Å². The van der Waals surface area contributed by atoms with Gasteiger partial charge in [-0.25, -0.2) is 4.79 Å². The van der Waals surface area contributed by atoms with E-state index >= 15 is 0 Å². The predicted octanol–water partition coefficient (Wildman–Crippen LogP) is 2.58. The van der Waals surface area contributed by atoms with Crippen LogP contribution >= 0.6 is 0 Å². The Morgan fingerprint density at radius 3 is 2.44 bits per heavy atom. The van der Waals surface area contributed by atoms with E-state index in [1.807, 2.05) is 13.0 Å². The molecule has 0 saturated carbocycles. The molecule has 0 amide bonds. The highest BCUT2D eigenvalue weighted by Gasteiger charge is 2.13. The van der Waals surface area contributed by atoms with Crippen LogP contribution in [0.15, 0.2) is 51.7 Å². The zero-order valence-electron chi connectivity index (χ0n) is 14.9. The Labute approximate surface area is 147 Å². The summed E-state index contributed by atoms with van der Waals surface area (Å²) in [4.78, 5) is 13.2. The molecule has 4 heteroatoms. The van der Waals surface area contributed by atoms with Gasteiger partial charge in [-0.3, -0.25) is 0 Å². The third-order valence-electron chi connectivity index (χ3n) is 4.53. The molecule has 0 aliphatic carbocycles. The molecule has 1 atom stereocenters. The van der Waals surface area contributed by atoms with Crippen molar-refractivity contribution in [1.29, 1.82) is 0 Å². The van der Waals surface area contributed by atoms with Gasteiger partial charge in [0, 0.05) is 28.6 Å². The lowest BCUT2D eigenvalue weighted by Crippen LogP contribution is -3.06.